The summed E-state index contributed by atoms with van der Waals surface area (Å²) in [5.41, 5.74) is 1.07. The van der Waals surface area contributed by atoms with Crippen LogP contribution in [0.15, 0.2) is 42.5 Å². The van der Waals surface area contributed by atoms with Crippen molar-refractivity contribution in [3.8, 4) is 0 Å². The first-order valence-corrected chi connectivity index (χ1v) is 9.57. The van der Waals surface area contributed by atoms with E-state index in [-0.39, 0.29) is 11.8 Å². The number of carbonyl (C=O) groups excluding carboxylic acids is 2. The first-order chi connectivity index (χ1) is 12.7. The van der Waals surface area contributed by atoms with Gasteiger partial charge in [0.25, 0.3) is 0 Å². The zero-order chi connectivity index (χ0) is 18.4. The molecule has 1 unspecified atom stereocenters. The van der Waals surface area contributed by atoms with E-state index >= 15 is 0 Å². The summed E-state index contributed by atoms with van der Waals surface area (Å²) in [5, 5.41) is 8.51. The molecule has 1 aliphatic rings. The van der Waals surface area contributed by atoms with E-state index in [0.717, 1.165) is 49.5 Å². The molecule has 4 heteroatoms. The second-order valence-corrected chi connectivity index (χ2v) is 7.41. The molecule has 3 rings (SSSR count). The lowest BCUT2D eigenvalue weighted by atomic mass is 9.81. The summed E-state index contributed by atoms with van der Waals surface area (Å²) in [6.45, 7) is 1.02. The van der Waals surface area contributed by atoms with Crippen molar-refractivity contribution >= 4 is 23.0 Å². The maximum absolute atomic E-state index is 12.5. The fourth-order valence-corrected chi connectivity index (χ4v) is 3.97. The third-order valence-electron chi connectivity index (χ3n) is 5.47. The van der Waals surface area contributed by atoms with Gasteiger partial charge < -0.3 is 15.4 Å². The molecule has 138 valence electrons. The molecular weight excluding hydrogens is 324 g/mol. The average molecular weight is 352 g/mol. The van der Waals surface area contributed by atoms with Crippen LogP contribution in [-0.2, 0) is 16.0 Å². The molecule has 2 aromatic rings. The number of aldehydes is 1. The SMILES string of the molecule is CNCC1CCC(C(=O)NC(C=O)Cc2ccc3ccccc3c2)CC1. The number of hydrogen-bond acceptors (Lipinski definition) is 3. The predicted molar refractivity (Wildman–Crippen MR) is 105 cm³/mol. The van der Waals surface area contributed by atoms with Crippen molar-refractivity contribution < 1.29 is 9.59 Å². The van der Waals surface area contributed by atoms with E-state index in [9.17, 15) is 9.59 Å². The van der Waals surface area contributed by atoms with Crippen LogP contribution >= 0.6 is 0 Å². The van der Waals surface area contributed by atoms with Gasteiger partial charge >= 0.3 is 0 Å². The van der Waals surface area contributed by atoms with Crippen LogP contribution in [-0.4, -0.2) is 31.8 Å². The van der Waals surface area contributed by atoms with Gasteiger partial charge in [-0.15, -0.1) is 0 Å². The minimum Gasteiger partial charge on any atom is -0.346 e. The number of carbonyl (C=O) groups is 2. The number of rotatable bonds is 7. The molecular formula is C22H28N2O2. The molecule has 2 aromatic carbocycles. The van der Waals surface area contributed by atoms with Crippen LogP contribution < -0.4 is 10.6 Å². The maximum atomic E-state index is 12.5. The lowest BCUT2D eigenvalue weighted by molar-refractivity contribution is -0.128. The summed E-state index contributed by atoms with van der Waals surface area (Å²) < 4.78 is 0. The molecule has 1 amide bonds. The lowest BCUT2D eigenvalue weighted by Gasteiger charge is -2.28. The lowest BCUT2D eigenvalue weighted by Crippen LogP contribution is -2.42. The topological polar surface area (TPSA) is 58.2 Å². The van der Waals surface area contributed by atoms with E-state index < -0.39 is 6.04 Å². The van der Waals surface area contributed by atoms with Gasteiger partial charge in [-0.05, 0) is 68.0 Å². The van der Waals surface area contributed by atoms with E-state index in [0.29, 0.717) is 12.3 Å². The first kappa shape index (κ1) is 18.6. The Hall–Kier alpha value is -2.20. The second-order valence-electron chi connectivity index (χ2n) is 7.41. The number of fused-ring (bicyclic) bond motifs is 1. The number of hydrogen-bond donors (Lipinski definition) is 2. The average Bonchev–Trinajstić information content (AvgIpc) is 2.68. The molecule has 26 heavy (non-hydrogen) atoms. The third-order valence-corrected chi connectivity index (χ3v) is 5.47. The highest BCUT2D eigenvalue weighted by atomic mass is 16.2. The second kappa shape index (κ2) is 8.95. The van der Waals surface area contributed by atoms with Crippen LogP contribution in [0.3, 0.4) is 0 Å². The fourth-order valence-electron chi connectivity index (χ4n) is 3.97. The van der Waals surface area contributed by atoms with Gasteiger partial charge in [0.15, 0.2) is 0 Å². The van der Waals surface area contributed by atoms with E-state index in [1.165, 1.54) is 5.39 Å². The standard InChI is InChI=1S/C22H28N2O2/c1-23-14-16-6-10-19(11-7-16)22(26)24-21(15-25)13-17-8-9-18-4-2-3-5-20(18)12-17/h2-5,8-9,12,15-16,19,21,23H,6-7,10-11,13-14H2,1H3,(H,24,26). The summed E-state index contributed by atoms with van der Waals surface area (Å²) in [6.07, 6.45) is 5.39. The smallest absolute Gasteiger partial charge is 0.223 e. The van der Waals surface area contributed by atoms with E-state index in [4.69, 9.17) is 0 Å². The summed E-state index contributed by atoms with van der Waals surface area (Å²) in [7, 11) is 1.97. The van der Waals surface area contributed by atoms with Crippen LogP contribution in [0.4, 0.5) is 0 Å². The third kappa shape index (κ3) is 4.70. The van der Waals surface area contributed by atoms with Crippen molar-refractivity contribution in [2.24, 2.45) is 11.8 Å². The van der Waals surface area contributed by atoms with Crippen LogP contribution in [0, 0.1) is 11.8 Å². The molecule has 2 N–H and O–H groups in total. The molecule has 0 saturated heterocycles. The van der Waals surface area contributed by atoms with E-state index in [1.807, 2.05) is 25.2 Å². The Morgan fingerprint density at radius 1 is 1.12 bits per heavy atom. The van der Waals surface area contributed by atoms with Crippen molar-refractivity contribution in [1.29, 1.82) is 0 Å². The van der Waals surface area contributed by atoms with Gasteiger partial charge in [-0.2, -0.15) is 0 Å². The normalized spacial score (nSPS) is 21.3. The minimum atomic E-state index is -0.460. The Morgan fingerprint density at radius 3 is 2.54 bits per heavy atom. The highest BCUT2D eigenvalue weighted by Gasteiger charge is 2.27. The highest BCUT2D eigenvalue weighted by Crippen LogP contribution is 2.28. The van der Waals surface area contributed by atoms with Crippen LogP contribution in [0.25, 0.3) is 10.8 Å². The van der Waals surface area contributed by atoms with Gasteiger partial charge in [0.1, 0.15) is 6.29 Å². The number of benzene rings is 2. The molecule has 4 nitrogen and oxygen atoms in total. The monoisotopic (exact) mass is 352 g/mol. The summed E-state index contributed by atoms with van der Waals surface area (Å²) >= 11 is 0. The van der Waals surface area contributed by atoms with Crippen LogP contribution in [0.2, 0.25) is 0 Å². The van der Waals surface area contributed by atoms with Gasteiger partial charge in [0, 0.05) is 5.92 Å². The molecule has 0 bridgehead atoms. The Morgan fingerprint density at radius 2 is 1.85 bits per heavy atom. The summed E-state index contributed by atoms with van der Waals surface area (Å²) in [5.74, 6) is 0.747. The van der Waals surface area contributed by atoms with Gasteiger partial charge in [-0.3, -0.25) is 4.79 Å². The van der Waals surface area contributed by atoms with Crippen molar-refractivity contribution in [2.75, 3.05) is 13.6 Å². The molecule has 0 spiro atoms. The summed E-state index contributed by atoms with van der Waals surface area (Å²) in [4.78, 5) is 24.1. The molecule has 1 aliphatic carbocycles. The van der Waals surface area contributed by atoms with E-state index in [2.05, 4.69) is 34.9 Å². The fraction of sp³-hybridized carbons (Fsp3) is 0.455. The Bertz CT molecular complexity index is 751. The minimum absolute atomic E-state index is 0.0331. The Kier molecular flexibility index (Phi) is 6.40. The summed E-state index contributed by atoms with van der Waals surface area (Å²) in [6, 6.07) is 13.9. The molecule has 0 aliphatic heterocycles. The Balaban J connectivity index is 1.56. The zero-order valence-corrected chi connectivity index (χ0v) is 15.4. The van der Waals surface area contributed by atoms with Crippen molar-refractivity contribution in [1.82, 2.24) is 10.6 Å². The van der Waals surface area contributed by atoms with Crippen molar-refractivity contribution in [2.45, 2.75) is 38.1 Å². The van der Waals surface area contributed by atoms with Crippen LogP contribution in [0.1, 0.15) is 31.2 Å². The molecule has 1 atom stereocenters. The molecule has 0 heterocycles. The van der Waals surface area contributed by atoms with Gasteiger partial charge in [0.2, 0.25) is 5.91 Å². The quantitative estimate of drug-likeness (QED) is 0.753. The predicted octanol–water partition coefficient (Wildman–Crippen LogP) is 3.09. The zero-order valence-electron chi connectivity index (χ0n) is 15.4. The largest absolute Gasteiger partial charge is 0.346 e. The molecule has 1 saturated carbocycles. The van der Waals surface area contributed by atoms with Crippen molar-refractivity contribution in [3.05, 3.63) is 48.0 Å². The van der Waals surface area contributed by atoms with E-state index in [1.54, 1.807) is 0 Å². The van der Waals surface area contributed by atoms with Crippen LogP contribution in [0.5, 0.6) is 0 Å². The van der Waals surface area contributed by atoms with Gasteiger partial charge in [-0.25, -0.2) is 0 Å². The number of nitrogens with one attached hydrogen (secondary N) is 2. The molecule has 1 fully saturated rings. The van der Waals surface area contributed by atoms with Gasteiger partial charge in [0.05, 0.1) is 6.04 Å². The maximum Gasteiger partial charge on any atom is 0.223 e. The highest BCUT2D eigenvalue weighted by molar-refractivity contribution is 5.84. The van der Waals surface area contributed by atoms with Gasteiger partial charge in [-0.1, -0.05) is 42.5 Å². The van der Waals surface area contributed by atoms with Crippen molar-refractivity contribution in [3.63, 3.8) is 0 Å². The first-order valence-electron chi connectivity index (χ1n) is 9.57. The molecule has 0 aromatic heterocycles. The molecule has 0 radical (unpaired) electrons. The Labute approximate surface area is 155 Å². The number of amides is 1.